The first-order chi connectivity index (χ1) is 13.5. The lowest BCUT2D eigenvalue weighted by atomic mass is 10.1. The molecule has 0 radical (unpaired) electrons. The monoisotopic (exact) mass is 378 g/mol. The highest BCUT2D eigenvalue weighted by Crippen LogP contribution is 2.26. The molecule has 1 saturated heterocycles. The third-order valence-corrected chi connectivity index (χ3v) is 5.51. The summed E-state index contributed by atoms with van der Waals surface area (Å²) in [5.41, 5.74) is 5.23. The Morgan fingerprint density at radius 3 is 2.54 bits per heavy atom. The number of aryl methyl sites for hydroxylation is 2. The van der Waals surface area contributed by atoms with Crippen molar-refractivity contribution in [2.75, 3.05) is 38.2 Å². The summed E-state index contributed by atoms with van der Waals surface area (Å²) in [5.74, 6) is 0.766. The van der Waals surface area contributed by atoms with Crippen molar-refractivity contribution in [3.05, 3.63) is 69.6 Å². The van der Waals surface area contributed by atoms with E-state index in [1.54, 1.807) is 19.2 Å². The number of hydrogen-bond acceptors (Lipinski definition) is 5. The van der Waals surface area contributed by atoms with Gasteiger partial charge in [-0.05, 0) is 54.8 Å². The minimum absolute atomic E-state index is 0.304. The first kappa shape index (κ1) is 18.6. The van der Waals surface area contributed by atoms with Gasteiger partial charge in [0.1, 0.15) is 11.3 Å². The molecule has 1 aliphatic heterocycles. The number of ether oxygens (including phenoxy) is 1. The summed E-state index contributed by atoms with van der Waals surface area (Å²) in [5, 5.41) is 0.941. The molecule has 0 spiro atoms. The molecule has 2 heterocycles. The van der Waals surface area contributed by atoms with E-state index in [1.807, 2.05) is 12.1 Å². The van der Waals surface area contributed by atoms with E-state index in [0.717, 1.165) is 49.4 Å². The highest BCUT2D eigenvalue weighted by atomic mass is 16.5. The van der Waals surface area contributed by atoms with Gasteiger partial charge in [-0.25, -0.2) is 4.79 Å². The van der Waals surface area contributed by atoms with Crippen molar-refractivity contribution >= 4 is 16.7 Å². The molecule has 0 aliphatic carbocycles. The first-order valence-electron chi connectivity index (χ1n) is 9.69. The third kappa shape index (κ3) is 3.76. The van der Waals surface area contributed by atoms with Crippen LogP contribution in [0.15, 0.2) is 51.7 Å². The Kier molecular flexibility index (Phi) is 5.09. The highest BCUT2D eigenvalue weighted by molar-refractivity contribution is 5.81. The topological polar surface area (TPSA) is 45.9 Å². The number of methoxy groups -OCH3 is 1. The van der Waals surface area contributed by atoms with Crippen LogP contribution in [0.25, 0.3) is 11.0 Å². The van der Waals surface area contributed by atoms with Crippen LogP contribution in [0.3, 0.4) is 0 Å². The maximum absolute atomic E-state index is 12.0. The number of fused-ring (bicyclic) bond motifs is 1. The predicted octanol–water partition coefficient (Wildman–Crippen LogP) is 3.74. The van der Waals surface area contributed by atoms with Crippen LogP contribution >= 0.6 is 0 Å². The van der Waals surface area contributed by atoms with E-state index < -0.39 is 0 Å². The summed E-state index contributed by atoms with van der Waals surface area (Å²) in [6.45, 7) is 8.91. The van der Waals surface area contributed by atoms with E-state index >= 15 is 0 Å². The summed E-state index contributed by atoms with van der Waals surface area (Å²) in [6.07, 6.45) is 0. The van der Waals surface area contributed by atoms with Crippen molar-refractivity contribution in [2.45, 2.75) is 20.4 Å². The van der Waals surface area contributed by atoms with Gasteiger partial charge in [0.25, 0.3) is 0 Å². The average Bonchev–Trinajstić information content (AvgIpc) is 2.70. The molecule has 0 atom stereocenters. The maximum Gasteiger partial charge on any atom is 0.336 e. The molecule has 0 bridgehead atoms. The molecule has 5 heteroatoms. The van der Waals surface area contributed by atoms with Crippen LogP contribution in [0.5, 0.6) is 5.75 Å². The summed E-state index contributed by atoms with van der Waals surface area (Å²) in [4.78, 5) is 16.8. The van der Waals surface area contributed by atoms with Gasteiger partial charge in [0.2, 0.25) is 0 Å². The van der Waals surface area contributed by atoms with Gasteiger partial charge in [-0.3, -0.25) is 4.90 Å². The Bertz CT molecular complexity index is 1050. The number of piperazine rings is 1. The number of rotatable bonds is 4. The lowest BCUT2D eigenvalue weighted by Gasteiger charge is -2.37. The van der Waals surface area contributed by atoms with Crippen molar-refractivity contribution in [2.24, 2.45) is 0 Å². The highest BCUT2D eigenvalue weighted by Gasteiger charge is 2.20. The van der Waals surface area contributed by atoms with Gasteiger partial charge in [0.15, 0.2) is 0 Å². The molecular weight excluding hydrogens is 352 g/mol. The second-order valence-electron chi connectivity index (χ2n) is 7.51. The van der Waals surface area contributed by atoms with Gasteiger partial charge >= 0.3 is 5.63 Å². The van der Waals surface area contributed by atoms with Crippen molar-refractivity contribution in [1.82, 2.24) is 4.90 Å². The molecule has 1 fully saturated rings. The van der Waals surface area contributed by atoms with Gasteiger partial charge in [-0.15, -0.1) is 0 Å². The number of nitrogens with zero attached hydrogens (tertiary/aromatic N) is 2. The van der Waals surface area contributed by atoms with E-state index in [-0.39, 0.29) is 5.63 Å². The number of anilines is 1. The predicted molar refractivity (Wildman–Crippen MR) is 112 cm³/mol. The lowest BCUT2D eigenvalue weighted by molar-refractivity contribution is 0.250. The molecule has 0 amide bonds. The maximum atomic E-state index is 12.0. The minimum atomic E-state index is -0.304. The van der Waals surface area contributed by atoms with Gasteiger partial charge in [0.05, 0.1) is 7.11 Å². The summed E-state index contributed by atoms with van der Waals surface area (Å²) in [6, 6.07) is 13.8. The molecule has 0 saturated carbocycles. The fourth-order valence-corrected chi connectivity index (χ4v) is 3.91. The van der Waals surface area contributed by atoms with E-state index in [4.69, 9.17) is 9.15 Å². The van der Waals surface area contributed by atoms with Crippen molar-refractivity contribution in [3.63, 3.8) is 0 Å². The molecule has 1 aliphatic rings. The Hall–Kier alpha value is -2.79. The molecule has 1 aromatic heterocycles. The minimum Gasteiger partial charge on any atom is -0.497 e. The Morgan fingerprint density at radius 2 is 1.79 bits per heavy atom. The quantitative estimate of drug-likeness (QED) is 0.647. The Morgan fingerprint density at radius 1 is 1.00 bits per heavy atom. The van der Waals surface area contributed by atoms with Crippen molar-refractivity contribution < 1.29 is 9.15 Å². The summed E-state index contributed by atoms with van der Waals surface area (Å²) in [7, 11) is 1.65. The van der Waals surface area contributed by atoms with E-state index in [0.29, 0.717) is 5.58 Å². The molecule has 0 N–H and O–H groups in total. The van der Waals surface area contributed by atoms with Crippen molar-refractivity contribution in [1.29, 1.82) is 0 Å². The second kappa shape index (κ2) is 7.68. The third-order valence-electron chi connectivity index (χ3n) is 5.51. The fourth-order valence-electron chi connectivity index (χ4n) is 3.91. The van der Waals surface area contributed by atoms with E-state index in [9.17, 15) is 4.79 Å². The van der Waals surface area contributed by atoms with Crippen LogP contribution in [0, 0.1) is 13.8 Å². The standard InChI is InChI=1S/C23H26N2O3/c1-16-4-5-17(2)21(12-16)25-10-8-24(9-11-25)15-18-13-23(26)28-22-7-6-19(27-3)14-20(18)22/h4-7,12-14H,8-11,15H2,1-3H3. The molecule has 2 aromatic carbocycles. The van der Waals surface area contributed by atoms with Crippen molar-refractivity contribution in [3.8, 4) is 5.75 Å². The molecule has 5 nitrogen and oxygen atoms in total. The first-order valence-corrected chi connectivity index (χ1v) is 9.69. The molecule has 146 valence electrons. The van der Waals surface area contributed by atoms with Gasteiger partial charge in [-0.1, -0.05) is 12.1 Å². The van der Waals surface area contributed by atoms with Gasteiger partial charge < -0.3 is 14.1 Å². The van der Waals surface area contributed by atoms with Crippen LogP contribution in [0.4, 0.5) is 5.69 Å². The Balaban J connectivity index is 1.52. The fraction of sp³-hybridized carbons (Fsp3) is 0.348. The van der Waals surface area contributed by atoms with Gasteiger partial charge in [0, 0.05) is 49.9 Å². The zero-order chi connectivity index (χ0) is 19.7. The van der Waals surface area contributed by atoms with E-state index in [2.05, 4.69) is 41.8 Å². The zero-order valence-electron chi connectivity index (χ0n) is 16.7. The molecule has 3 aromatic rings. The zero-order valence-corrected chi connectivity index (χ0v) is 16.7. The molecule has 28 heavy (non-hydrogen) atoms. The van der Waals surface area contributed by atoms with Crippen LogP contribution in [-0.2, 0) is 6.54 Å². The number of hydrogen-bond donors (Lipinski definition) is 0. The van der Waals surface area contributed by atoms with Gasteiger partial charge in [-0.2, -0.15) is 0 Å². The second-order valence-corrected chi connectivity index (χ2v) is 7.51. The smallest absolute Gasteiger partial charge is 0.336 e. The molecule has 0 unspecified atom stereocenters. The summed E-state index contributed by atoms with van der Waals surface area (Å²) >= 11 is 0. The lowest BCUT2D eigenvalue weighted by Crippen LogP contribution is -2.46. The van der Waals surface area contributed by atoms with Crippen LogP contribution < -0.4 is 15.3 Å². The SMILES string of the molecule is COc1ccc2oc(=O)cc(CN3CCN(c4cc(C)ccc4C)CC3)c2c1. The summed E-state index contributed by atoms with van der Waals surface area (Å²) < 4.78 is 10.7. The average molecular weight is 378 g/mol. The van der Waals surface area contributed by atoms with Crippen LogP contribution in [0.1, 0.15) is 16.7 Å². The van der Waals surface area contributed by atoms with Crippen LogP contribution in [0.2, 0.25) is 0 Å². The Labute approximate surface area is 165 Å². The van der Waals surface area contributed by atoms with E-state index in [1.165, 1.54) is 16.8 Å². The molecule has 4 rings (SSSR count). The van der Waals surface area contributed by atoms with Crippen LogP contribution in [-0.4, -0.2) is 38.2 Å². The molecular formula is C23H26N2O3. The normalized spacial score (nSPS) is 15.2. The largest absolute Gasteiger partial charge is 0.497 e. The number of benzene rings is 2.